The number of H-pyrrole nitrogens is 1. The van der Waals surface area contributed by atoms with Crippen LogP contribution in [-0.2, 0) is 0 Å². The van der Waals surface area contributed by atoms with Crippen molar-refractivity contribution in [3.63, 3.8) is 0 Å². The van der Waals surface area contributed by atoms with E-state index in [4.69, 9.17) is 35.4 Å². The van der Waals surface area contributed by atoms with Crippen molar-refractivity contribution >= 4 is 41.6 Å². The van der Waals surface area contributed by atoms with Crippen LogP contribution in [0.5, 0.6) is 0 Å². The standard InChI is InChI=1S/C16H12Cl2N4S/c1-10-4-2-5-11(8-10)15-20-21-16(23)22(15)19-9-12-6-3-7-13(17)14(12)18/h2-9H,1H3,(H,21,23). The van der Waals surface area contributed by atoms with Gasteiger partial charge in [0.1, 0.15) is 0 Å². The first-order chi connectivity index (χ1) is 11.1. The molecule has 116 valence electrons. The van der Waals surface area contributed by atoms with Crippen LogP contribution in [0.25, 0.3) is 11.4 Å². The molecule has 0 aliphatic heterocycles. The molecular formula is C16H12Cl2N4S. The molecule has 0 aliphatic carbocycles. The van der Waals surface area contributed by atoms with Crippen LogP contribution in [0.3, 0.4) is 0 Å². The SMILES string of the molecule is Cc1cccc(-c2n[nH]c(=S)n2N=Cc2cccc(Cl)c2Cl)c1. The Kier molecular flexibility index (Phi) is 4.61. The largest absolute Gasteiger partial charge is 0.250 e. The van der Waals surface area contributed by atoms with E-state index in [1.165, 1.54) is 0 Å². The summed E-state index contributed by atoms with van der Waals surface area (Å²) in [4.78, 5) is 0. The normalized spacial score (nSPS) is 11.3. The maximum Gasteiger partial charge on any atom is 0.216 e. The first-order valence-electron chi connectivity index (χ1n) is 6.79. The highest BCUT2D eigenvalue weighted by molar-refractivity contribution is 7.71. The number of aromatic nitrogens is 3. The summed E-state index contributed by atoms with van der Waals surface area (Å²) in [6.45, 7) is 2.02. The molecule has 0 saturated carbocycles. The van der Waals surface area contributed by atoms with Crippen molar-refractivity contribution in [2.24, 2.45) is 5.10 Å². The fourth-order valence-corrected chi connectivity index (χ4v) is 2.65. The molecule has 23 heavy (non-hydrogen) atoms. The van der Waals surface area contributed by atoms with E-state index in [9.17, 15) is 0 Å². The lowest BCUT2D eigenvalue weighted by Crippen LogP contribution is -1.95. The van der Waals surface area contributed by atoms with Gasteiger partial charge in [-0.05, 0) is 31.3 Å². The van der Waals surface area contributed by atoms with Gasteiger partial charge in [-0.15, -0.1) is 0 Å². The monoisotopic (exact) mass is 362 g/mol. The molecule has 1 N–H and O–H groups in total. The Balaban J connectivity index is 2.04. The van der Waals surface area contributed by atoms with Crippen LogP contribution >= 0.6 is 35.4 Å². The Morgan fingerprint density at radius 1 is 1.22 bits per heavy atom. The molecule has 0 aliphatic rings. The highest BCUT2D eigenvalue weighted by atomic mass is 35.5. The Morgan fingerprint density at radius 2 is 2.00 bits per heavy atom. The zero-order valence-electron chi connectivity index (χ0n) is 12.1. The van der Waals surface area contributed by atoms with Gasteiger partial charge in [-0.25, -0.2) is 5.10 Å². The molecule has 0 spiro atoms. The van der Waals surface area contributed by atoms with Gasteiger partial charge in [-0.3, -0.25) is 0 Å². The maximum atomic E-state index is 6.17. The van der Waals surface area contributed by atoms with Gasteiger partial charge >= 0.3 is 0 Å². The van der Waals surface area contributed by atoms with Crippen LogP contribution in [0.1, 0.15) is 11.1 Å². The number of rotatable bonds is 3. The van der Waals surface area contributed by atoms with Crippen LogP contribution in [0.15, 0.2) is 47.6 Å². The molecule has 1 aromatic heterocycles. The van der Waals surface area contributed by atoms with Gasteiger partial charge in [0.15, 0.2) is 5.82 Å². The molecule has 0 atom stereocenters. The fraction of sp³-hybridized carbons (Fsp3) is 0.0625. The average Bonchev–Trinajstić information content (AvgIpc) is 2.90. The zero-order chi connectivity index (χ0) is 16.4. The van der Waals surface area contributed by atoms with Crippen molar-refractivity contribution in [3.8, 4) is 11.4 Å². The summed E-state index contributed by atoms with van der Waals surface area (Å²) in [5.74, 6) is 0.633. The Bertz CT molecular complexity index is 943. The van der Waals surface area contributed by atoms with Crippen LogP contribution in [0.2, 0.25) is 10.0 Å². The quantitative estimate of drug-likeness (QED) is 0.520. The summed E-state index contributed by atoms with van der Waals surface area (Å²) in [7, 11) is 0. The van der Waals surface area contributed by atoms with Gasteiger partial charge in [0.05, 0.1) is 16.3 Å². The Morgan fingerprint density at radius 3 is 2.78 bits per heavy atom. The van der Waals surface area contributed by atoms with Crippen molar-refractivity contribution in [1.29, 1.82) is 0 Å². The van der Waals surface area contributed by atoms with Gasteiger partial charge in [0.25, 0.3) is 0 Å². The smallest absolute Gasteiger partial charge is 0.216 e. The summed E-state index contributed by atoms with van der Waals surface area (Å²) in [6, 6.07) is 13.3. The third-order valence-corrected chi connectivity index (χ3v) is 4.32. The molecular weight excluding hydrogens is 351 g/mol. The summed E-state index contributed by atoms with van der Waals surface area (Å²) in [5.41, 5.74) is 2.76. The number of hydrogen-bond acceptors (Lipinski definition) is 3. The van der Waals surface area contributed by atoms with E-state index in [-0.39, 0.29) is 0 Å². The van der Waals surface area contributed by atoms with E-state index in [1.807, 2.05) is 43.3 Å². The van der Waals surface area contributed by atoms with E-state index in [2.05, 4.69) is 15.3 Å². The molecule has 0 unspecified atom stereocenters. The van der Waals surface area contributed by atoms with Gasteiger partial charge < -0.3 is 0 Å². The number of nitrogens with zero attached hydrogens (tertiary/aromatic N) is 3. The first-order valence-corrected chi connectivity index (χ1v) is 7.95. The number of halogens is 2. The second-order valence-electron chi connectivity index (χ2n) is 4.92. The minimum absolute atomic E-state index is 0.399. The number of nitrogens with one attached hydrogen (secondary N) is 1. The van der Waals surface area contributed by atoms with E-state index in [1.54, 1.807) is 17.0 Å². The molecule has 0 saturated heterocycles. The van der Waals surface area contributed by atoms with E-state index in [0.29, 0.717) is 26.2 Å². The molecule has 1 heterocycles. The van der Waals surface area contributed by atoms with Crippen molar-refractivity contribution < 1.29 is 0 Å². The summed E-state index contributed by atoms with van der Waals surface area (Å²) >= 11 is 17.4. The molecule has 4 nitrogen and oxygen atoms in total. The lowest BCUT2D eigenvalue weighted by Gasteiger charge is -2.03. The topological polar surface area (TPSA) is 46.0 Å². The van der Waals surface area contributed by atoms with Crippen molar-refractivity contribution in [2.45, 2.75) is 6.92 Å². The van der Waals surface area contributed by atoms with Crippen LogP contribution < -0.4 is 0 Å². The summed E-state index contributed by atoms with van der Waals surface area (Å²) in [6.07, 6.45) is 1.61. The molecule has 3 rings (SSSR count). The lowest BCUT2D eigenvalue weighted by molar-refractivity contribution is 0.871. The highest BCUT2D eigenvalue weighted by Crippen LogP contribution is 2.24. The first kappa shape index (κ1) is 15.9. The van der Waals surface area contributed by atoms with Crippen molar-refractivity contribution in [3.05, 3.63) is 68.4 Å². The second-order valence-corrected chi connectivity index (χ2v) is 6.09. The van der Waals surface area contributed by atoms with E-state index >= 15 is 0 Å². The van der Waals surface area contributed by atoms with Crippen molar-refractivity contribution in [1.82, 2.24) is 14.9 Å². The predicted octanol–water partition coefficient (Wildman–Crippen LogP) is 5.11. The number of hydrogen-bond donors (Lipinski definition) is 1. The predicted molar refractivity (Wildman–Crippen MR) is 97.0 cm³/mol. The fourth-order valence-electron chi connectivity index (χ4n) is 2.11. The Labute approximate surface area is 148 Å². The molecule has 3 aromatic rings. The lowest BCUT2D eigenvalue weighted by atomic mass is 10.1. The zero-order valence-corrected chi connectivity index (χ0v) is 14.5. The minimum atomic E-state index is 0.399. The molecule has 0 fully saturated rings. The molecule has 2 aromatic carbocycles. The Hall–Kier alpha value is -1.95. The van der Waals surface area contributed by atoms with Gasteiger partial charge in [-0.2, -0.15) is 14.9 Å². The van der Waals surface area contributed by atoms with Crippen LogP contribution in [0, 0.1) is 11.7 Å². The average molecular weight is 363 g/mol. The number of aromatic amines is 1. The second kappa shape index (κ2) is 6.66. The van der Waals surface area contributed by atoms with Gasteiger partial charge in [0, 0.05) is 11.1 Å². The minimum Gasteiger partial charge on any atom is -0.250 e. The third-order valence-electron chi connectivity index (χ3n) is 3.22. The van der Waals surface area contributed by atoms with Crippen LogP contribution in [0.4, 0.5) is 0 Å². The van der Waals surface area contributed by atoms with E-state index in [0.717, 1.165) is 11.1 Å². The maximum absolute atomic E-state index is 6.17. The van der Waals surface area contributed by atoms with Gasteiger partial charge in [-0.1, -0.05) is 59.1 Å². The molecule has 0 bridgehead atoms. The summed E-state index contributed by atoms with van der Waals surface area (Å²) in [5, 5.41) is 12.3. The third kappa shape index (κ3) is 3.37. The van der Waals surface area contributed by atoms with Gasteiger partial charge in [0.2, 0.25) is 4.77 Å². The molecule has 7 heteroatoms. The highest BCUT2D eigenvalue weighted by Gasteiger charge is 2.08. The number of benzene rings is 2. The molecule has 0 radical (unpaired) electrons. The molecule has 0 amide bonds. The van der Waals surface area contributed by atoms with Crippen molar-refractivity contribution in [2.75, 3.05) is 0 Å². The van der Waals surface area contributed by atoms with E-state index < -0.39 is 0 Å². The van der Waals surface area contributed by atoms with Crippen LogP contribution in [-0.4, -0.2) is 21.1 Å². The summed E-state index contributed by atoms with van der Waals surface area (Å²) < 4.78 is 1.96. The number of aryl methyl sites for hydroxylation is 1.